The number of likely N-dealkylation sites (tertiary alicyclic amines) is 1. The Morgan fingerprint density at radius 1 is 1.59 bits per heavy atom. The summed E-state index contributed by atoms with van der Waals surface area (Å²) in [5.41, 5.74) is 0.423. The molecule has 122 valence electrons. The van der Waals surface area contributed by atoms with Crippen molar-refractivity contribution in [3.05, 3.63) is 24.4 Å². The monoisotopic (exact) mass is 310 g/mol. The molecule has 3 atom stereocenters. The Labute approximate surface area is 129 Å². The summed E-state index contributed by atoms with van der Waals surface area (Å²) in [6.45, 7) is 9.73. The molecule has 2 aliphatic heterocycles. The summed E-state index contributed by atoms with van der Waals surface area (Å²) in [4.78, 5) is 24.6. The molecular weight excluding hydrogens is 288 g/mol. The van der Waals surface area contributed by atoms with E-state index in [0.29, 0.717) is 18.8 Å². The number of allylic oxidation sites excluding steroid dienone is 1. The average molecular weight is 310 g/mol. The van der Waals surface area contributed by atoms with Crippen LogP contribution in [0.25, 0.3) is 0 Å². The first-order valence-corrected chi connectivity index (χ1v) is 7.16. The molecule has 0 aliphatic carbocycles. The van der Waals surface area contributed by atoms with E-state index in [0.717, 1.165) is 6.08 Å². The lowest BCUT2D eigenvalue weighted by Crippen LogP contribution is -2.73. The van der Waals surface area contributed by atoms with E-state index in [2.05, 4.69) is 11.9 Å². The number of amides is 1. The van der Waals surface area contributed by atoms with Crippen molar-refractivity contribution in [2.45, 2.75) is 44.7 Å². The number of rotatable bonds is 6. The molecule has 2 fully saturated rings. The molecule has 0 saturated carbocycles. The maximum atomic E-state index is 12.2. The molecule has 0 aromatic rings. The molecular formula is C15H22N2O5. The Hall–Kier alpha value is -1.86. The summed E-state index contributed by atoms with van der Waals surface area (Å²) in [7, 11) is 0. The molecule has 1 amide bonds. The summed E-state index contributed by atoms with van der Waals surface area (Å²) in [5, 5.41) is 11.7. The SMILES string of the molecule is C=CCN1C(=O)[C@@H](N/C(C)=C/C(=O)O)[C@H]1[C@@H]1COC(C)(C)O1. The predicted octanol–water partition coefficient (Wildman–Crippen LogP) is 0.481. The lowest BCUT2D eigenvalue weighted by molar-refractivity contribution is -0.172. The van der Waals surface area contributed by atoms with Crippen LogP contribution in [0, 0.1) is 0 Å². The third kappa shape index (κ3) is 3.31. The summed E-state index contributed by atoms with van der Waals surface area (Å²) in [6, 6.07) is -0.734. The summed E-state index contributed by atoms with van der Waals surface area (Å²) in [5.74, 6) is -1.84. The first-order valence-electron chi connectivity index (χ1n) is 7.16. The number of nitrogens with zero attached hydrogens (tertiary/aromatic N) is 1. The zero-order chi connectivity index (χ0) is 16.5. The van der Waals surface area contributed by atoms with E-state index in [-0.39, 0.29) is 18.1 Å². The van der Waals surface area contributed by atoms with E-state index in [1.807, 2.05) is 13.8 Å². The molecule has 2 heterocycles. The van der Waals surface area contributed by atoms with Gasteiger partial charge in [0.25, 0.3) is 0 Å². The quantitative estimate of drug-likeness (QED) is 0.421. The minimum atomic E-state index is -1.06. The second-order valence-electron chi connectivity index (χ2n) is 5.92. The Kier molecular flexibility index (Phi) is 4.58. The van der Waals surface area contributed by atoms with Gasteiger partial charge in [-0.2, -0.15) is 0 Å². The number of hydrogen-bond donors (Lipinski definition) is 2. The molecule has 2 rings (SSSR count). The third-order valence-corrected chi connectivity index (χ3v) is 3.71. The Bertz CT molecular complexity index is 514. The number of carbonyl (C=O) groups excluding carboxylic acids is 1. The van der Waals surface area contributed by atoms with Gasteiger partial charge in [-0.3, -0.25) is 4.79 Å². The third-order valence-electron chi connectivity index (χ3n) is 3.71. The summed E-state index contributed by atoms with van der Waals surface area (Å²) < 4.78 is 11.4. The van der Waals surface area contributed by atoms with Crippen LogP contribution in [-0.4, -0.2) is 59.0 Å². The van der Waals surface area contributed by atoms with E-state index in [4.69, 9.17) is 14.6 Å². The zero-order valence-corrected chi connectivity index (χ0v) is 13.0. The highest BCUT2D eigenvalue weighted by molar-refractivity contribution is 5.90. The van der Waals surface area contributed by atoms with Crippen LogP contribution in [0.4, 0.5) is 0 Å². The van der Waals surface area contributed by atoms with Gasteiger partial charge in [0.2, 0.25) is 5.91 Å². The summed E-state index contributed by atoms with van der Waals surface area (Å²) >= 11 is 0. The molecule has 0 unspecified atom stereocenters. The molecule has 7 nitrogen and oxygen atoms in total. The Morgan fingerprint density at radius 3 is 2.77 bits per heavy atom. The first kappa shape index (κ1) is 16.5. The van der Waals surface area contributed by atoms with Gasteiger partial charge in [0.1, 0.15) is 12.1 Å². The first-order chi connectivity index (χ1) is 10.2. The van der Waals surface area contributed by atoms with Crippen LogP contribution in [0.2, 0.25) is 0 Å². The maximum absolute atomic E-state index is 12.2. The van der Waals surface area contributed by atoms with Crippen molar-refractivity contribution < 1.29 is 24.2 Å². The molecule has 2 N–H and O–H groups in total. The molecule has 22 heavy (non-hydrogen) atoms. The number of β-lactam (4-membered cyclic amide) rings is 1. The molecule has 2 saturated heterocycles. The van der Waals surface area contributed by atoms with Crippen molar-refractivity contribution in [1.82, 2.24) is 10.2 Å². The second-order valence-corrected chi connectivity index (χ2v) is 5.92. The van der Waals surface area contributed by atoms with Crippen molar-refractivity contribution in [3.8, 4) is 0 Å². The molecule has 2 aliphatic rings. The number of aliphatic carboxylic acids is 1. The van der Waals surface area contributed by atoms with Crippen molar-refractivity contribution >= 4 is 11.9 Å². The largest absolute Gasteiger partial charge is 0.478 e. The Balaban J connectivity index is 2.12. The second kappa shape index (κ2) is 6.10. The van der Waals surface area contributed by atoms with Crippen molar-refractivity contribution in [1.29, 1.82) is 0 Å². The fourth-order valence-electron chi connectivity index (χ4n) is 2.84. The standard InChI is InChI=1S/C15H22N2O5/c1-5-6-17-13(10-8-21-15(3,4)22-10)12(14(17)20)16-9(2)7-11(18)19/h5,7,10,12-13,16H,1,6,8H2,2-4H3,(H,18,19)/b9-7+/t10-,12-,13+/m0/s1. The molecule has 0 aromatic heterocycles. The van der Waals surface area contributed by atoms with Gasteiger partial charge in [-0.15, -0.1) is 6.58 Å². The number of carboxylic acids is 1. The highest BCUT2D eigenvalue weighted by Gasteiger charge is 2.54. The lowest BCUT2D eigenvalue weighted by atomic mass is 9.89. The Morgan fingerprint density at radius 2 is 2.27 bits per heavy atom. The van der Waals surface area contributed by atoms with Gasteiger partial charge in [0.05, 0.1) is 12.6 Å². The van der Waals surface area contributed by atoms with Crippen molar-refractivity contribution in [3.63, 3.8) is 0 Å². The van der Waals surface area contributed by atoms with E-state index < -0.39 is 17.8 Å². The smallest absolute Gasteiger partial charge is 0.330 e. The minimum Gasteiger partial charge on any atom is -0.478 e. The predicted molar refractivity (Wildman–Crippen MR) is 78.9 cm³/mol. The van der Waals surface area contributed by atoms with Gasteiger partial charge >= 0.3 is 5.97 Å². The van der Waals surface area contributed by atoms with Crippen LogP contribution in [0.1, 0.15) is 20.8 Å². The maximum Gasteiger partial charge on any atom is 0.330 e. The van der Waals surface area contributed by atoms with Gasteiger partial charge in [-0.05, 0) is 20.8 Å². The van der Waals surface area contributed by atoms with Crippen LogP contribution in [0.3, 0.4) is 0 Å². The van der Waals surface area contributed by atoms with E-state index in [9.17, 15) is 9.59 Å². The van der Waals surface area contributed by atoms with Crippen molar-refractivity contribution in [2.75, 3.05) is 13.2 Å². The number of carbonyl (C=O) groups is 2. The fraction of sp³-hybridized carbons (Fsp3) is 0.600. The van der Waals surface area contributed by atoms with E-state index in [1.54, 1.807) is 17.9 Å². The van der Waals surface area contributed by atoms with Crippen molar-refractivity contribution in [2.24, 2.45) is 0 Å². The van der Waals surface area contributed by atoms with E-state index >= 15 is 0 Å². The summed E-state index contributed by atoms with van der Waals surface area (Å²) in [6.07, 6.45) is 2.43. The van der Waals surface area contributed by atoms with Crippen LogP contribution in [0.15, 0.2) is 24.4 Å². The lowest BCUT2D eigenvalue weighted by Gasteiger charge is -2.49. The van der Waals surface area contributed by atoms with Gasteiger partial charge < -0.3 is 24.8 Å². The molecule has 7 heteroatoms. The molecule has 0 spiro atoms. The highest BCUT2D eigenvalue weighted by Crippen LogP contribution is 2.33. The minimum absolute atomic E-state index is 0.101. The molecule has 0 bridgehead atoms. The van der Waals surface area contributed by atoms with E-state index in [1.165, 1.54) is 0 Å². The fourth-order valence-corrected chi connectivity index (χ4v) is 2.84. The average Bonchev–Trinajstić information content (AvgIpc) is 2.75. The topological polar surface area (TPSA) is 88.1 Å². The van der Waals surface area contributed by atoms with Gasteiger partial charge in [-0.1, -0.05) is 6.08 Å². The zero-order valence-electron chi connectivity index (χ0n) is 13.0. The normalized spacial score (nSPS) is 30.9. The number of hydrogen-bond acceptors (Lipinski definition) is 5. The number of ether oxygens (including phenoxy) is 2. The molecule has 0 aromatic carbocycles. The van der Waals surface area contributed by atoms with Crippen LogP contribution >= 0.6 is 0 Å². The molecule has 0 radical (unpaired) electrons. The number of nitrogens with one attached hydrogen (secondary N) is 1. The van der Waals surface area contributed by atoms with Crippen LogP contribution in [0.5, 0.6) is 0 Å². The highest BCUT2D eigenvalue weighted by atomic mass is 16.7. The van der Waals surface area contributed by atoms with Crippen LogP contribution < -0.4 is 5.32 Å². The van der Waals surface area contributed by atoms with Crippen LogP contribution in [-0.2, 0) is 19.1 Å². The van der Waals surface area contributed by atoms with Gasteiger partial charge in [-0.25, -0.2) is 4.79 Å². The van der Waals surface area contributed by atoms with Gasteiger partial charge in [0.15, 0.2) is 5.79 Å². The van der Waals surface area contributed by atoms with Gasteiger partial charge in [0, 0.05) is 18.3 Å². The number of carboxylic acid groups (broad SMARTS) is 1.